The van der Waals surface area contributed by atoms with E-state index in [9.17, 15) is 24.6 Å². The normalized spacial score (nSPS) is 49.3. The quantitative estimate of drug-likeness (QED) is 0.599. The number of esters is 1. The van der Waals surface area contributed by atoms with Gasteiger partial charge < -0.3 is 14.9 Å². The van der Waals surface area contributed by atoms with Crippen LogP contribution in [0.4, 0.5) is 0 Å². The zero-order chi connectivity index (χ0) is 24.8. The first-order valence-corrected chi connectivity index (χ1v) is 12.9. The van der Waals surface area contributed by atoms with Crippen LogP contribution in [0.15, 0.2) is 23.3 Å². The number of hydrogen-bond acceptors (Lipinski definition) is 6. The Labute approximate surface area is 201 Å². The molecule has 0 bridgehead atoms. The minimum atomic E-state index is -1.46. The second-order valence-corrected chi connectivity index (χ2v) is 12.3. The predicted octanol–water partition coefficient (Wildman–Crippen LogP) is 3.54. The number of rotatable bonds is 2. The molecule has 4 aliphatic carbocycles. The summed E-state index contributed by atoms with van der Waals surface area (Å²) >= 11 is 0. The first-order valence-electron chi connectivity index (χ1n) is 12.9. The highest BCUT2D eigenvalue weighted by atomic mass is 16.5. The molecule has 2 N–H and O–H groups in total. The monoisotopic (exact) mass is 470 g/mol. The van der Waals surface area contributed by atoms with Crippen molar-refractivity contribution in [3.8, 4) is 0 Å². The van der Waals surface area contributed by atoms with Crippen molar-refractivity contribution in [1.82, 2.24) is 0 Å². The average Bonchev–Trinajstić information content (AvgIpc) is 3.04. The van der Waals surface area contributed by atoms with Gasteiger partial charge in [-0.1, -0.05) is 25.5 Å². The Morgan fingerprint density at radius 1 is 1.12 bits per heavy atom. The number of Topliss-reactive ketones (excluding diaryl/α,β-unsaturated/α-hetero) is 1. The Bertz CT molecular complexity index is 1010. The van der Waals surface area contributed by atoms with Gasteiger partial charge in [-0.05, 0) is 75.7 Å². The van der Waals surface area contributed by atoms with Crippen LogP contribution in [-0.4, -0.2) is 45.6 Å². The summed E-state index contributed by atoms with van der Waals surface area (Å²) in [6, 6.07) is 0. The van der Waals surface area contributed by atoms with E-state index in [2.05, 4.69) is 6.92 Å². The van der Waals surface area contributed by atoms with Crippen LogP contribution in [-0.2, 0) is 19.1 Å². The fourth-order valence-electron chi connectivity index (χ4n) is 8.84. The zero-order valence-electron chi connectivity index (χ0n) is 21.0. The van der Waals surface area contributed by atoms with Crippen LogP contribution in [0.3, 0.4) is 0 Å². The number of carbonyl (C=O) groups excluding carboxylic acids is 3. The molecule has 1 aliphatic heterocycles. The number of carbonyl (C=O) groups is 3. The lowest BCUT2D eigenvalue weighted by Crippen LogP contribution is -2.69. The maximum Gasteiger partial charge on any atom is 0.333 e. The molecule has 0 aromatic carbocycles. The zero-order valence-corrected chi connectivity index (χ0v) is 21.0. The number of ether oxygens (including phenoxy) is 1. The summed E-state index contributed by atoms with van der Waals surface area (Å²) in [7, 11) is 0. The van der Waals surface area contributed by atoms with Crippen molar-refractivity contribution >= 4 is 17.5 Å². The van der Waals surface area contributed by atoms with Crippen LogP contribution in [0.25, 0.3) is 0 Å². The van der Waals surface area contributed by atoms with E-state index in [1.807, 2.05) is 20.8 Å². The van der Waals surface area contributed by atoms with Crippen molar-refractivity contribution in [3.05, 3.63) is 23.3 Å². The van der Waals surface area contributed by atoms with Crippen molar-refractivity contribution < 1.29 is 29.3 Å². The lowest BCUT2D eigenvalue weighted by molar-refractivity contribution is -0.232. The molecule has 6 heteroatoms. The lowest BCUT2D eigenvalue weighted by atomic mass is 9.43. The van der Waals surface area contributed by atoms with Gasteiger partial charge in [-0.3, -0.25) is 9.59 Å². The first kappa shape index (κ1) is 23.9. The van der Waals surface area contributed by atoms with Crippen molar-refractivity contribution in [1.29, 1.82) is 0 Å². The molecule has 3 saturated carbocycles. The van der Waals surface area contributed by atoms with Crippen LogP contribution >= 0.6 is 0 Å². The smallest absolute Gasteiger partial charge is 0.333 e. The molecule has 0 aromatic heterocycles. The molecular weight excluding hydrogens is 432 g/mol. The van der Waals surface area contributed by atoms with Crippen molar-refractivity contribution in [2.75, 3.05) is 0 Å². The third kappa shape index (κ3) is 2.90. The molecule has 3 fully saturated rings. The van der Waals surface area contributed by atoms with E-state index in [4.69, 9.17) is 4.74 Å². The van der Waals surface area contributed by atoms with E-state index < -0.39 is 17.1 Å². The van der Waals surface area contributed by atoms with E-state index in [-0.39, 0.29) is 65.1 Å². The van der Waals surface area contributed by atoms with Gasteiger partial charge in [0, 0.05) is 30.3 Å². The molecule has 6 nitrogen and oxygen atoms in total. The number of ketones is 2. The molecule has 186 valence electrons. The second-order valence-electron chi connectivity index (χ2n) is 12.3. The van der Waals surface area contributed by atoms with Gasteiger partial charge in [0.25, 0.3) is 0 Å². The summed E-state index contributed by atoms with van der Waals surface area (Å²) in [6.45, 7) is 9.81. The van der Waals surface area contributed by atoms with Crippen LogP contribution < -0.4 is 0 Å². The van der Waals surface area contributed by atoms with Gasteiger partial charge in [0.1, 0.15) is 17.5 Å². The summed E-state index contributed by atoms with van der Waals surface area (Å²) in [4.78, 5) is 39.1. The van der Waals surface area contributed by atoms with Gasteiger partial charge in [-0.25, -0.2) is 4.79 Å². The molecule has 0 amide bonds. The highest BCUT2D eigenvalue weighted by Gasteiger charge is 2.70. The molecule has 1 heterocycles. The molecule has 0 spiro atoms. The van der Waals surface area contributed by atoms with Gasteiger partial charge >= 0.3 is 5.97 Å². The Morgan fingerprint density at radius 3 is 2.50 bits per heavy atom. The average molecular weight is 471 g/mol. The summed E-state index contributed by atoms with van der Waals surface area (Å²) in [5, 5.41) is 22.7. The summed E-state index contributed by atoms with van der Waals surface area (Å²) in [5.74, 6) is -0.564. The Kier molecular flexibility index (Phi) is 5.35. The van der Waals surface area contributed by atoms with E-state index in [0.29, 0.717) is 24.8 Å². The van der Waals surface area contributed by atoms with Crippen LogP contribution in [0.2, 0.25) is 0 Å². The van der Waals surface area contributed by atoms with Gasteiger partial charge in [-0.2, -0.15) is 0 Å². The van der Waals surface area contributed by atoms with Gasteiger partial charge in [0.15, 0.2) is 5.78 Å². The fraction of sp³-hybridized carbons (Fsp3) is 0.750. The second kappa shape index (κ2) is 7.60. The molecule has 0 saturated heterocycles. The molecule has 0 unspecified atom stereocenters. The highest BCUT2D eigenvalue weighted by molar-refractivity contribution is 5.97. The topological polar surface area (TPSA) is 101 Å². The summed E-state index contributed by atoms with van der Waals surface area (Å²) in [5.41, 5.74) is -1.10. The number of cyclic esters (lactones) is 1. The molecule has 10 atom stereocenters. The number of aliphatic hydroxyl groups excluding tert-OH is 1. The van der Waals surface area contributed by atoms with Crippen molar-refractivity contribution in [2.24, 2.45) is 40.4 Å². The number of aliphatic hydroxyl groups is 2. The maximum atomic E-state index is 13.6. The highest BCUT2D eigenvalue weighted by Crippen LogP contribution is 2.67. The van der Waals surface area contributed by atoms with E-state index in [1.54, 1.807) is 19.1 Å². The summed E-state index contributed by atoms with van der Waals surface area (Å²) < 4.78 is 5.78. The van der Waals surface area contributed by atoms with Gasteiger partial charge in [0.05, 0.1) is 11.5 Å². The fourth-order valence-corrected chi connectivity index (χ4v) is 8.84. The van der Waals surface area contributed by atoms with E-state index >= 15 is 0 Å². The Hall–Kier alpha value is -1.79. The number of hydrogen-bond donors (Lipinski definition) is 2. The van der Waals surface area contributed by atoms with Crippen LogP contribution in [0.5, 0.6) is 0 Å². The molecular formula is C28H38O6. The Balaban J connectivity index is 1.47. The number of fused-ring (bicyclic) bond motifs is 5. The third-order valence-electron chi connectivity index (χ3n) is 11.1. The van der Waals surface area contributed by atoms with Crippen molar-refractivity contribution in [3.63, 3.8) is 0 Å². The van der Waals surface area contributed by atoms with Crippen LogP contribution in [0.1, 0.15) is 73.1 Å². The SMILES string of the molecule is CC1=C(C)C(=O)O[C@@H]([C@@H](C)[C@H]2C(=O)C[C@H]3[C@@H]4C[C@@H](O)[C@@]5(O)CC=CC(=O)[C@]5(C)[C@H]4CC[C@]23C)C1. The van der Waals surface area contributed by atoms with Crippen LogP contribution in [0, 0.1) is 40.4 Å². The third-order valence-corrected chi connectivity index (χ3v) is 11.1. The first-order chi connectivity index (χ1) is 15.9. The molecule has 5 rings (SSSR count). The van der Waals surface area contributed by atoms with Gasteiger partial charge in [0.2, 0.25) is 0 Å². The van der Waals surface area contributed by atoms with Gasteiger partial charge in [-0.15, -0.1) is 0 Å². The minimum absolute atomic E-state index is 0.00610. The predicted molar refractivity (Wildman–Crippen MR) is 125 cm³/mol. The van der Waals surface area contributed by atoms with E-state index in [0.717, 1.165) is 18.4 Å². The molecule has 0 aromatic rings. The lowest BCUT2D eigenvalue weighted by Gasteiger charge is -2.62. The number of allylic oxidation sites excluding steroid dienone is 1. The molecule has 34 heavy (non-hydrogen) atoms. The standard InChI is InChI=1S/C28H38O6/c1-14-11-21(34-25(32)15(14)2)16(3)24-20(29)13-19-17-12-23(31)28(33)9-6-7-22(30)27(28,5)18(17)8-10-26(19,24)4/h6-7,16-19,21,23-24,31,33H,8-13H2,1-5H3/t16-,17-,18+,19+,21-,23-,24+,26+,27+,28+/m1/s1. The molecule has 0 radical (unpaired) electrons. The summed E-state index contributed by atoms with van der Waals surface area (Å²) in [6.07, 6.45) is 5.21. The van der Waals surface area contributed by atoms with E-state index in [1.165, 1.54) is 0 Å². The largest absolute Gasteiger partial charge is 0.458 e. The minimum Gasteiger partial charge on any atom is -0.458 e. The maximum absolute atomic E-state index is 13.6. The Morgan fingerprint density at radius 2 is 1.82 bits per heavy atom. The molecule has 5 aliphatic rings. The van der Waals surface area contributed by atoms with Crippen molar-refractivity contribution in [2.45, 2.75) is 91.0 Å².